The molecule has 0 bridgehead atoms. The average Bonchev–Trinajstić information content (AvgIpc) is 3.86. The Labute approximate surface area is 351 Å². The monoisotopic (exact) mass is 814 g/mol. The summed E-state index contributed by atoms with van der Waals surface area (Å²) in [6.45, 7) is 15.4. The van der Waals surface area contributed by atoms with Gasteiger partial charge in [-0.05, 0) is 99.7 Å². The number of urea groups is 1. The SMILES string of the molecule is CCCCCCCCC[C@@H](C)C1CCC(C2CC=C(CC(C)NC(=O)CCNC(=O)CCCCCNC(=O)CCCC[C@@H]3SC[C@@H]4NC(=O)N[C@@H]43)C(C)C2C)C1C. The van der Waals surface area contributed by atoms with Crippen LogP contribution in [0.3, 0.4) is 0 Å². The Bertz CT molecular complexity index is 1280. The Balaban J connectivity index is 0.996. The van der Waals surface area contributed by atoms with Crippen LogP contribution in [0.5, 0.6) is 0 Å². The van der Waals surface area contributed by atoms with Crippen molar-refractivity contribution in [2.45, 2.75) is 200 Å². The first-order valence-electron chi connectivity index (χ1n) is 23.7. The summed E-state index contributed by atoms with van der Waals surface area (Å²) in [7, 11) is 0. The number of nitrogens with one attached hydrogen (secondary N) is 5. The maximum absolute atomic E-state index is 12.8. The molecule has 9 nitrogen and oxygen atoms in total. The van der Waals surface area contributed by atoms with Gasteiger partial charge in [-0.15, -0.1) is 0 Å². The molecule has 4 rings (SSSR count). The number of unbranched alkanes of at least 4 members (excludes halogenated alkanes) is 9. The van der Waals surface area contributed by atoms with Gasteiger partial charge in [0.25, 0.3) is 0 Å². The quantitative estimate of drug-likeness (QED) is 0.0321. The van der Waals surface area contributed by atoms with Crippen molar-refractivity contribution in [3.05, 3.63) is 11.6 Å². The van der Waals surface area contributed by atoms with Gasteiger partial charge in [-0.3, -0.25) is 14.4 Å². The summed E-state index contributed by atoms with van der Waals surface area (Å²) < 4.78 is 0. The minimum atomic E-state index is -0.0556. The van der Waals surface area contributed by atoms with E-state index < -0.39 is 0 Å². The van der Waals surface area contributed by atoms with Crippen LogP contribution in [0.25, 0.3) is 0 Å². The van der Waals surface area contributed by atoms with E-state index >= 15 is 0 Å². The Kier molecular flexibility index (Phi) is 21.1. The third-order valence-corrected chi connectivity index (χ3v) is 16.0. The lowest BCUT2D eigenvalue weighted by atomic mass is 9.65. The molecule has 2 saturated heterocycles. The molecule has 0 spiro atoms. The summed E-state index contributed by atoms with van der Waals surface area (Å²) in [5.74, 6) is 6.38. The van der Waals surface area contributed by atoms with Gasteiger partial charge in [0, 0.05) is 49.4 Å². The zero-order chi connectivity index (χ0) is 41.2. The summed E-state index contributed by atoms with van der Waals surface area (Å²) in [5.41, 5.74) is 1.50. The molecule has 0 aromatic rings. The molecule has 1 saturated carbocycles. The molecule has 5 amide bonds. The number of rotatable bonds is 27. The number of carbonyl (C=O) groups is 4. The molecule has 0 radical (unpaired) electrons. The van der Waals surface area contributed by atoms with Gasteiger partial charge in [0.2, 0.25) is 17.7 Å². The molecule has 0 aromatic carbocycles. The van der Waals surface area contributed by atoms with Gasteiger partial charge >= 0.3 is 6.03 Å². The molecule has 4 aliphatic rings. The van der Waals surface area contributed by atoms with E-state index in [9.17, 15) is 19.2 Å². The molecule has 11 atom stereocenters. The minimum absolute atomic E-state index is 0.00404. The van der Waals surface area contributed by atoms with E-state index in [4.69, 9.17) is 0 Å². The number of hydrogen-bond acceptors (Lipinski definition) is 5. The second-order valence-electron chi connectivity index (χ2n) is 18.8. The summed E-state index contributed by atoms with van der Waals surface area (Å²) in [4.78, 5) is 48.9. The molecule has 0 aromatic heterocycles. The number of allylic oxidation sites excluding steroid dienone is 1. The second kappa shape index (κ2) is 25.4. The smallest absolute Gasteiger partial charge is 0.315 e. The standard InChI is InChI=1S/C47H83N5O4S/c1-7-8-9-10-11-12-14-19-32(2)38-25-26-40(36(38)6)39-24-23-37(34(4)35(39)5)30-33(3)50-45(55)27-29-49-44(54)21-15-13-18-28-48-43(53)22-17-16-20-42-46-41(31-57-42)51-47(56)52-46/h23,32-36,38-42,46H,7-22,24-31H2,1-6H3,(H,48,53)(H,49,54)(H,50,55)(H2,51,52,56)/t32-,33?,34?,35?,36?,38?,39?,40?,41+,42+,46+/m1/s1. The van der Waals surface area contributed by atoms with Crippen LogP contribution in [-0.2, 0) is 14.4 Å². The Hall–Kier alpha value is -2.23. The van der Waals surface area contributed by atoms with Crippen LogP contribution >= 0.6 is 11.8 Å². The fraction of sp³-hybridized carbons (Fsp3) is 0.872. The third kappa shape index (κ3) is 15.7. The first kappa shape index (κ1) is 47.4. The van der Waals surface area contributed by atoms with Crippen LogP contribution in [0.15, 0.2) is 11.6 Å². The van der Waals surface area contributed by atoms with Gasteiger partial charge < -0.3 is 26.6 Å². The number of fused-ring (bicyclic) bond motifs is 1. The van der Waals surface area contributed by atoms with Gasteiger partial charge in [0.1, 0.15) is 0 Å². The van der Waals surface area contributed by atoms with Crippen molar-refractivity contribution in [1.29, 1.82) is 0 Å². The van der Waals surface area contributed by atoms with E-state index in [1.165, 1.54) is 76.2 Å². The van der Waals surface area contributed by atoms with E-state index in [1.807, 2.05) is 11.8 Å². The number of hydrogen-bond donors (Lipinski definition) is 5. The molecule has 5 N–H and O–H groups in total. The van der Waals surface area contributed by atoms with Gasteiger partial charge in [0.15, 0.2) is 0 Å². The van der Waals surface area contributed by atoms with Crippen molar-refractivity contribution in [1.82, 2.24) is 26.6 Å². The van der Waals surface area contributed by atoms with Crippen LogP contribution in [0.1, 0.15) is 176 Å². The van der Waals surface area contributed by atoms with Crippen LogP contribution in [0, 0.1) is 41.4 Å². The highest BCUT2D eigenvalue weighted by Crippen LogP contribution is 2.51. The Morgan fingerprint density at radius 3 is 2.21 bits per heavy atom. The molecule has 2 heterocycles. The van der Waals surface area contributed by atoms with Crippen LogP contribution in [-0.4, -0.2) is 66.0 Å². The topological polar surface area (TPSA) is 128 Å². The van der Waals surface area contributed by atoms with Crippen molar-refractivity contribution >= 4 is 35.5 Å². The van der Waals surface area contributed by atoms with Gasteiger partial charge in [-0.1, -0.05) is 110 Å². The fourth-order valence-electron chi connectivity index (χ4n) is 10.8. The first-order valence-corrected chi connectivity index (χ1v) is 24.7. The van der Waals surface area contributed by atoms with E-state index in [2.05, 4.69) is 74.2 Å². The Morgan fingerprint density at radius 2 is 1.46 bits per heavy atom. The maximum Gasteiger partial charge on any atom is 0.315 e. The number of thioether (sulfide) groups is 1. The molecule has 57 heavy (non-hydrogen) atoms. The highest BCUT2D eigenvalue weighted by atomic mass is 32.2. The van der Waals surface area contributed by atoms with Gasteiger partial charge in [0.05, 0.1) is 12.1 Å². The molecule has 326 valence electrons. The lowest BCUT2D eigenvalue weighted by Gasteiger charge is -2.41. The van der Waals surface area contributed by atoms with Gasteiger partial charge in [-0.25, -0.2) is 4.79 Å². The largest absolute Gasteiger partial charge is 0.356 e. The van der Waals surface area contributed by atoms with Crippen molar-refractivity contribution in [2.24, 2.45) is 41.4 Å². The van der Waals surface area contributed by atoms with Crippen LogP contribution < -0.4 is 26.6 Å². The highest BCUT2D eigenvalue weighted by molar-refractivity contribution is 8.00. The third-order valence-electron chi connectivity index (χ3n) is 14.5. The van der Waals surface area contributed by atoms with Crippen LogP contribution in [0.2, 0.25) is 0 Å². The lowest BCUT2D eigenvalue weighted by molar-refractivity contribution is -0.123. The Morgan fingerprint density at radius 1 is 0.772 bits per heavy atom. The second-order valence-corrected chi connectivity index (χ2v) is 20.1. The van der Waals surface area contributed by atoms with Crippen molar-refractivity contribution in [3.63, 3.8) is 0 Å². The molecule has 2 aliphatic heterocycles. The van der Waals surface area contributed by atoms with Crippen LogP contribution in [0.4, 0.5) is 4.79 Å². The fourth-order valence-corrected chi connectivity index (χ4v) is 12.4. The summed E-state index contributed by atoms with van der Waals surface area (Å²) in [6.07, 6.45) is 25.2. The molecule has 3 fully saturated rings. The summed E-state index contributed by atoms with van der Waals surface area (Å²) in [6, 6.07) is 0.490. The summed E-state index contributed by atoms with van der Waals surface area (Å²) in [5, 5.41) is 15.5. The first-order chi connectivity index (χ1) is 27.5. The van der Waals surface area contributed by atoms with Crippen molar-refractivity contribution in [3.8, 4) is 0 Å². The average molecular weight is 814 g/mol. The van der Waals surface area contributed by atoms with E-state index in [-0.39, 0.29) is 41.9 Å². The van der Waals surface area contributed by atoms with Crippen molar-refractivity contribution < 1.29 is 19.2 Å². The van der Waals surface area contributed by atoms with E-state index in [1.54, 1.807) is 0 Å². The predicted molar refractivity (Wildman–Crippen MR) is 237 cm³/mol. The molecular formula is C47H83N5O4S. The molecule has 2 aliphatic carbocycles. The normalized spacial score (nSPS) is 29.2. The number of amides is 5. The van der Waals surface area contributed by atoms with Gasteiger partial charge in [-0.2, -0.15) is 11.8 Å². The zero-order valence-corrected chi connectivity index (χ0v) is 37.8. The minimum Gasteiger partial charge on any atom is -0.356 e. The maximum atomic E-state index is 12.8. The number of carbonyl (C=O) groups excluding carboxylic acids is 4. The van der Waals surface area contributed by atoms with E-state index in [0.717, 1.165) is 80.3 Å². The molecule has 10 heteroatoms. The zero-order valence-electron chi connectivity index (χ0n) is 36.9. The lowest BCUT2D eigenvalue weighted by Crippen LogP contribution is -2.37. The van der Waals surface area contributed by atoms with E-state index in [0.29, 0.717) is 49.4 Å². The summed E-state index contributed by atoms with van der Waals surface area (Å²) >= 11 is 1.91. The highest BCUT2D eigenvalue weighted by Gasteiger charge is 2.44. The molecular weight excluding hydrogens is 731 g/mol. The van der Waals surface area contributed by atoms with Crippen molar-refractivity contribution in [2.75, 3.05) is 18.8 Å². The predicted octanol–water partition coefficient (Wildman–Crippen LogP) is 9.45. The molecule has 7 unspecified atom stereocenters.